The molecule has 1 heterocycles. The van der Waals surface area contributed by atoms with Gasteiger partial charge in [0.2, 0.25) is 0 Å². The van der Waals surface area contributed by atoms with Crippen LogP contribution >= 0.6 is 11.3 Å². The zero-order valence-electron chi connectivity index (χ0n) is 10.8. The second kappa shape index (κ2) is 4.50. The van der Waals surface area contributed by atoms with Gasteiger partial charge in [-0.1, -0.05) is 27.7 Å². The normalized spacial score (nSPS) is 25.5. The van der Waals surface area contributed by atoms with Crippen LogP contribution in [0.25, 0.3) is 0 Å². The average molecular weight is 237 g/mol. The van der Waals surface area contributed by atoms with Crippen molar-refractivity contribution in [2.45, 2.75) is 58.5 Å². The maximum absolute atomic E-state index is 3.64. The minimum Gasteiger partial charge on any atom is -0.309 e. The van der Waals surface area contributed by atoms with E-state index in [1.807, 2.05) is 11.3 Å². The first-order chi connectivity index (χ1) is 7.45. The van der Waals surface area contributed by atoms with Crippen LogP contribution in [0.15, 0.2) is 12.1 Å². The van der Waals surface area contributed by atoms with Crippen molar-refractivity contribution < 1.29 is 0 Å². The van der Waals surface area contributed by atoms with Gasteiger partial charge in [-0.2, -0.15) is 0 Å². The monoisotopic (exact) mass is 237 g/mol. The van der Waals surface area contributed by atoms with Crippen LogP contribution in [0.3, 0.4) is 0 Å². The number of hydrogen-bond acceptors (Lipinski definition) is 2. The van der Waals surface area contributed by atoms with Gasteiger partial charge in [0.25, 0.3) is 0 Å². The lowest BCUT2D eigenvalue weighted by Crippen LogP contribution is -2.39. The Labute approximate surface area is 103 Å². The Morgan fingerprint density at radius 3 is 2.50 bits per heavy atom. The molecule has 0 bridgehead atoms. The van der Waals surface area contributed by atoms with Crippen LogP contribution < -0.4 is 5.32 Å². The Kier molecular flexibility index (Phi) is 3.41. The predicted octanol–water partition coefficient (Wildman–Crippen LogP) is 3.93. The fraction of sp³-hybridized carbons (Fsp3) is 0.714. The molecule has 1 aliphatic carbocycles. The van der Waals surface area contributed by atoms with E-state index >= 15 is 0 Å². The van der Waals surface area contributed by atoms with Crippen LogP contribution in [-0.2, 0) is 12.0 Å². The maximum Gasteiger partial charge on any atom is 0.0302 e. The topological polar surface area (TPSA) is 12.0 Å². The van der Waals surface area contributed by atoms with Gasteiger partial charge < -0.3 is 5.32 Å². The molecule has 16 heavy (non-hydrogen) atoms. The van der Waals surface area contributed by atoms with E-state index in [4.69, 9.17) is 0 Å². The van der Waals surface area contributed by atoms with Crippen molar-refractivity contribution in [1.82, 2.24) is 5.32 Å². The summed E-state index contributed by atoms with van der Waals surface area (Å²) in [6.45, 7) is 10.2. The molecular formula is C14H23NS. The van der Waals surface area contributed by atoms with E-state index in [-0.39, 0.29) is 0 Å². The van der Waals surface area contributed by atoms with Crippen molar-refractivity contribution in [3.8, 4) is 0 Å². The molecule has 1 fully saturated rings. The van der Waals surface area contributed by atoms with Crippen LogP contribution in [0.4, 0.5) is 0 Å². The van der Waals surface area contributed by atoms with E-state index in [9.17, 15) is 0 Å². The number of thiophene rings is 1. The smallest absolute Gasteiger partial charge is 0.0302 e. The molecule has 0 radical (unpaired) electrons. The fourth-order valence-corrected chi connectivity index (χ4v) is 3.21. The Morgan fingerprint density at radius 1 is 1.31 bits per heavy atom. The Bertz CT molecular complexity index is 342. The second-order valence-electron chi connectivity index (χ2n) is 6.17. The highest BCUT2D eigenvalue weighted by atomic mass is 32.1. The van der Waals surface area contributed by atoms with Crippen LogP contribution in [0.1, 0.15) is 50.3 Å². The summed E-state index contributed by atoms with van der Waals surface area (Å²) in [6, 6.07) is 5.33. The quantitative estimate of drug-likeness (QED) is 0.840. The third kappa shape index (κ3) is 2.86. The molecule has 0 aliphatic heterocycles. The molecule has 1 aromatic rings. The second-order valence-corrected chi connectivity index (χ2v) is 7.34. The summed E-state index contributed by atoms with van der Waals surface area (Å²) in [6.07, 6.45) is 2.72. The molecule has 1 aromatic heterocycles. The van der Waals surface area contributed by atoms with Gasteiger partial charge in [-0.15, -0.1) is 11.3 Å². The molecule has 1 aliphatic rings. The molecule has 0 aromatic carbocycles. The fourth-order valence-electron chi connectivity index (χ4n) is 2.19. The summed E-state index contributed by atoms with van der Waals surface area (Å²) in [7, 11) is 0. The van der Waals surface area contributed by atoms with Crippen LogP contribution in [0.2, 0.25) is 0 Å². The molecule has 90 valence electrons. The average Bonchev–Trinajstić information content (AvgIpc) is 2.58. The summed E-state index contributed by atoms with van der Waals surface area (Å²) < 4.78 is 0. The third-order valence-electron chi connectivity index (χ3n) is 3.34. The summed E-state index contributed by atoms with van der Waals surface area (Å²) >= 11 is 1.95. The zero-order chi connectivity index (χ0) is 11.8. The summed E-state index contributed by atoms with van der Waals surface area (Å²) in [4.78, 5) is 2.97. The van der Waals surface area contributed by atoms with Crippen LogP contribution in [0, 0.1) is 5.92 Å². The maximum atomic E-state index is 3.64. The standard InChI is InChI=1S/C14H23NS/c1-10-7-11(8-10)15-9-12-5-6-13(16-12)14(2,3)4/h5-6,10-11,15H,7-9H2,1-4H3. The number of hydrogen-bond donors (Lipinski definition) is 1. The van der Waals surface area contributed by atoms with E-state index in [1.54, 1.807) is 0 Å². The van der Waals surface area contributed by atoms with Gasteiger partial charge >= 0.3 is 0 Å². The molecule has 1 nitrogen and oxygen atoms in total. The van der Waals surface area contributed by atoms with Gasteiger partial charge in [-0.3, -0.25) is 0 Å². The van der Waals surface area contributed by atoms with E-state index in [2.05, 4.69) is 45.1 Å². The lowest BCUT2D eigenvalue weighted by molar-refractivity contribution is 0.241. The van der Waals surface area contributed by atoms with Gasteiger partial charge in [-0.25, -0.2) is 0 Å². The van der Waals surface area contributed by atoms with E-state index in [1.165, 1.54) is 22.6 Å². The van der Waals surface area contributed by atoms with Gasteiger partial charge in [0.1, 0.15) is 0 Å². The molecule has 1 N–H and O–H groups in total. The molecule has 0 spiro atoms. The molecule has 2 rings (SSSR count). The summed E-state index contributed by atoms with van der Waals surface area (Å²) in [5, 5.41) is 3.64. The van der Waals surface area contributed by atoms with Crippen molar-refractivity contribution in [3.05, 3.63) is 21.9 Å². The van der Waals surface area contributed by atoms with E-state index in [0.717, 1.165) is 18.5 Å². The predicted molar refractivity (Wildman–Crippen MR) is 72.0 cm³/mol. The Balaban J connectivity index is 1.84. The lowest BCUT2D eigenvalue weighted by atomic mass is 9.82. The SMILES string of the molecule is CC1CC(NCc2ccc(C(C)(C)C)s2)C1. The number of nitrogens with one attached hydrogen (secondary N) is 1. The zero-order valence-corrected chi connectivity index (χ0v) is 11.7. The first-order valence-electron chi connectivity index (χ1n) is 6.28. The van der Waals surface area contributed by atoms with Crippen molar-refractivity contribution in [1.29, 1.82) is 0 Å². The highest BCUT2D eigenvalue weighted by molar-refractivity contribution is 7.12. The minimum atomic E-state index is 0.300. The third-order valence-corrected chi connectivity index (χ3v) is 4.85. The minimum absolute atomic E-state index is 0.300. The van der Waals surface area contributed by atoms with Crippen molar-refractivity contribution in [2.24, 2.45) is 5.92 Å². The molecule has 0 saturated heterocycles. The van der Waals surface area contributed by atoms with Gasteiger partial charge in [0.05, 0.1) is 0 Å². The molecule has 2 heteroatoms. The van der Waals surface area contributed by atoms with E-state index < -0.39 is 0 Å². The van der Waals surface area contributed by atoms with Crippen molar-refractivity contribution in [2.75, 3.05) is 0 Å². The van der Waals surface area contributed by atoms with Crippen LogP contribution in [0.5, 0.6) is 0 Å². The molecule has 0 atom stereocenters. The lowest BCUT2D eigenvalue weighted by Gasteiger charge is -2.33. The first kappa shape index (κ1) is 12.1. The number of rotatable bonds is 3. The largest absolute Gasteiger partial charge is 0.309 e. The molecule has 1 saturated carbocycles. The highest BCUT2D eigenvalue weighted by Gasteiger charge is 2.24. The Morgan fingerprint density at radius 2 is 2.00 bits per heavy atom. The first-order valence-corrected chi connectivity index (χ1v) is 7.09. The van der Waals surface area contributed by atoms with Crippen molar-refractivity contribution in [3.63, 3.8) is 0 Å². The van der Waals surface area contributed by atoms with Crippen LogP contribution in [-0.4, -0.2) is 6.04 Å². The molecule has 0 amide bonds. The highest BCUT2D eigenvalue weighted by Crippen LogP contribution is 2.30. The Hall–Kier alpha value is -0.340. The van der Waals surface area contributed by atoms with Gasteiger partial charge in [0, 0.05) is 22.3 Å². The molecule has 0 unspecified atom stereocenters. The van der Waals surface area contributed by atoms with Gasteiger partial charge in [-0.05, 0) is 36.3 Å². The molecular weight excluding hydrogens is 214 g/mol. The van der Waals surface area contributed by atoms with E-state index in [0.29, 0.717) is 5.41 Å². The van der Waals surface area contributed by atoms with Gasteiger partial charge in [0.15, 0.2) is 0 Å². The van der Waals surface area contributed by atoms with Crippen molar-refractivity contribution >= 4 is 11.3 Å². The summed E-state index contributed by atoms with van der Waals surface area (Å²) in [5.41, 5.74) is 0.300. The summed E-state index contributed by atoms with van der Waals surface area (Å²) in [5.74, 6) is 0.936.